The van der Waals surface area contributed by atoms with Gasteiger partial charge in [-0.3, -0.25) is 4.79 Å². The van der Waals surface area contributed by atoms with Crippen LogP contribution in [0.15, 0.2) is 47.4 Å². The minimum atomic E-state index is -3.69. The Kier molecular flexibility index (Phi) is 5.98. The average Bonchev–Trinajstić information content (AvgIpc) is 2.66. The van der Waals surface area contributed by atoms with Crippen LogP contribution in [0, 0.1) is 0 Å². The summed E-state index contributed by atoms with van der Waals surface area (Å²) >= 11 is 0. The Balaban J connectivity index is 1.42. The molecular formula is C19H22N2O5S. The molecule has 2 aromatic carbocycles. The summed E-state index contributed by atoms with van der Waals surface area (Å²) in [5.41, 5.74) is 1.95. The minimum absolute atomic E-state index is 0.0527. The third-order valence-corrected chi connectivity index (χ3v) is 5.16. The SMILES string of the molecule is NS(=O)(=O)c1ccc(CCC(=O)NCCc2ccc3c(c2)OCCO3)cc1. The lowest BCUT2D eigenvalue weighted by Gasteiger charge is -2.18. The van der Waals surface area contributed by atoms with E-state index in [0.29, 0.717) is 39.0 Å². The summed E-state index contributed by atoms with van der Waals surface area (Å²) in [4.78, 5) is 12.1. The van der Waals surface area contributed by atoms with Crippen molar-refractivity contribution in [2.75, 3.05) is 19.8 Å². The van der Waals surface area contributed by atoms with E-state index in [9.17, 15) is 13.2 Å². The molecular weight excluding hydrogens is 368 g/mol. The fourth-order valence-corrected chi connectivity index (χ4v) is 3.30. The van der Waals surface area contributed by atoms with Crippen molar-refractivity contribution in [3.8, 4) is 11.5 Å². The molecule has 27 heavy (non-hydrogen) atoms. The van der Waals surface area contributed by atoms with Crippen LogP contribution in [0.1, 0.15) is 17.5 Å². The van der Waals surface area contributed by atoms with Gasteiger partial charge in [0.25, 0.3) is 0 Å². The van der Waals surface area contributed by atoms with Crippen molar-refractivity contribution in [1.29, 1.82) is 0 Å². The number of carbonyl (C=O) groups excluding carboxylic acids is 1. The van der Waals surface area contributed by atoms with Gasteiger partial charge >= 0.3 is 0 Å². The Morgan fingerprint density at radius 1 is 0.963 bits per heavy atom. The molecule has 1 aliphatic rings. The second kappa shape index (κ2) is 8.41. The summed E-state index contributed by atoms with van der Waals surface area (Å²) in [5.74, 6) is 1.44. The van der Waals surface area contributed by atoms with Crippen molar-refractivity contribution in [1.82, 2.24) is 5.32 Å². The summed E-state index contributed by atoms with van der Waals surface area (Å²) in [6.07, 6.45) is 1.56. The van der Waals surface area contributed by atoms with Crippen LogP contribution in [0.5, 0.6) is 11.5 Å². The van der Waals surface area contributed by atoms with E-state index in [-0.39, 0.29) is 10.8 Å². The van der Waals surface area contributed by atoms with Gasteiger partial charge in [-0.1, -0.05) is 18.2 Å². The van der Waals surface area contributed by atoms with E-state index in [2.05, 4.69) is 5.32 Å². The number of benzene rings is 2. The Hall–Kier alpha value is -2.58. The van der Waals surface area contributed by atoms with Crippen molar-refractivity contribution in [2.45, 2.75) is 24.2 Å². The van der Waals surface area contributed by atoms with Crippen molar-refractivity contribution in [2.24, 2.45) is 5.14 Å². The highest BCUT2D eigenvalue weighted by atomic mass is 32.2. The fourth-order valence-electron chi connectivity index (χ4n) is 2.78. The molecule has 0 spiro atoms. The molecule has 0 saturated carbocycles. The lowest BCUT2D eigenvalue weighted by Crippen LogP contribution is -2.26. The van der Waals surface area contributed by atoms with Crippen molar-refractivity contribution >= 4 is 15.9 Å². The minimum Gasteiger partial charge on any atom is -0.486 e. The zero-order valence-corrected chi connectivity index (χ0v) is 15.6. The van der Waals surface area contributed by atoms with Crippen molar-refractivity contribution in [3.05, 3.63) is 53.6 Å². The van der Waals surface area contributed by atoms with E-state index in [4.69, 9.17) is 14.6 Å². The number of rotatable bonds is 7. The summed E-state index contributed by atoms with van der Waals surface area (Å²) in [6.45, 7) is 1.64. The van der Waals surface area contributed by atoms with Gasteiger partial charge in [0.1, 0.15) is 13.2 Å². The number of nitrogens with one attached hydrogen (secondary N) is 1. The van der Waals surface area contributed by atoms with Crippen molar-refractivity contribution < 1.29 is 22.7 Å². The molecule has 1 aliphatic heterocycles. The number of hydrogen-bond donors (Lipinski definition) is 2. The normalized spacial score (nSPS) is 13.2. The van der Waals surface area contributed by atoms with Crippen LogP contribution in [-0.2, 0) is 27.7 Å². The Bertz CT molecular complexity index is 910. The maximum absolute atomic E-state index is 12.0. The number of nitrogens with two attached hydrogens (primary N) is 1. The molecule has 0 aromatic heterocycles. The third-order valence-electron chi connectivity index (χ3n) is 4.24. The lowest BCUT2D eigenvalue weighted by atomic mass is 10.1. The number of primary sulfonamides is 1. The first kappa shape index (κ1) is 19.2. The molecule has 7 nitrogen and oxygen atoms in total. The smallest absolute Gasteiger partial charge is 0.238 e. The molecule has 3 N–H and O–H groups in total. The van der Waals surface area contributed by atoms with Gasteiger partial charge < -0.3 is 14.8 Å². The van der Waals surface area contributed by atoms with Crippen LogP contribution in [0.4, 0.5) is 0 Å². The summed E-state index contributed by atoms with van der Waals surface area (Å²) in [7, 11) is -3.69. The average molecular weight is 390 g/mol. The molecule has 0 radical (unpaired) electrons. The topological polar surface area (TPSA) is 108 Å². The number of sulfonamides is 1. The van der Waals surface area contributed by atoms with Crippen molar-refractivity contribution in [3.63, 3.8) is 0 Å². The molecule has 0 atom stereocenters. The van der Waals surface area contributed by atoms with Gasteiger partial charge in [0, 0.05) is 13.0 Å². The quantitative estimate of drug-likeness (QED) is 0.743. The van der Waals surface area contributed by atoms with Gasteiger partial charge in [-0.05, 0) is 48.2 Å². The van der Waals surface area contributed by atoms with Crippen LogP contribution >= 0.6 is 0 Å². The van der Waals surface area contributed by atoms with Crippen LogP contribution in [0.2, 0.25) is 0 Å². The number of hydrogen-bond acceptors (Lipinski definition) is 5. The van der Waals surface area contributed by atoms with Gasteiger partial charge in [0.2, 0.25) is 15.9 Å². The zero-order valence-electron chi connectivity index (χ0n) is 14.8. The maximum atomic E-state index is 12.0. The molecule has 144 valence electrons. The van der Waals surface area contributed by atoms with Gasteiger partial charge in [0.05, 0.1) is 4.90 Å². The standard InChI is InChI=1S/C19H22N2O5S/c20-27(23,24)16-5-1-14(2-6-16)4-8-19(22)21-10-9-15-3-7-17-18(13-15)26-12-11-25-17/h1-3,5-7,13H,4,8-12H2,(H,21,22)(H2,20,23,24). The monoisotopic (exact) mass is 390 g/mol. The molecule has 2 aromatic rings. The predicted molar refractivity (Wildman–Crippen MR) is 100 cm³/mol. The molecule has 1 amide bonds. The first-order valence-electron chi connectivity index (χ1n) is 8.69. The summed E-state index contributed by atoms with van der Waals surface area (Å²) in [6, 6.07) is 12.0. The molecule has 0 saturated heterocycles. The highest BCUT2D eigenvalue weighted by Gasteiger charge is 2.12. The molecule has 0 aliphatic carbocycles. The molecule has 1 heterocycles. The summed E-state index contributed by atoms with van der Waals surface area (Å²) < 4.78 is 33.5. The van der Waals surface area contributed by atoms with E-state index in [1.54, 1.807) is 12.1 Å². The molecule has 0 unspecified atom stereocenters. The molecule has 0 fully saturated rings. The first-order chi connectivity index (χ1) is 12.9. The number of fused-ring (bicyclic) bond motifs is 1. The van der Waals surface area contributed by atoms with E-state index in [1.807, 2.05) is 18.2 Å². The van der Waals surface area contributed by atoms with E-state index in [1.165, 1.54) is 12.1 Å². The molecule has 0 bridgehead atoms. The van der Waals surface area contributed by atoms with E-state index >= 15 is 0 Å². The number of carbonyl (C=O) groups is 1. The Morgan fingerprint density at radius 2 is 1.63 bits per heavy atom. The van der Waals surface area contributed by atoms with E-state index in [0.717, 1.165) is 22.6 Å². The second-order valence-corrected chi connectivity index (χ2v) is 7.83. The summed E-state index contributed by atoms with van der Waals surface area (Å²) in [5, 5.41) is 7.95. The first-order valence-corrected chi connectivity index (χ1v) is 10.2. The van der Waals surface area contributed by atoms with Crippen LogP contribution in [0.25, 0.3) is 0 Å². The number of aryl methyl sites for hydroxylation is 1. The third kappa shape index (κ3) is 5.45. The molecule has 3 rings (SSSR count). The fraction of sp³-hybridized carbons (Fsp3) is 0.316. The largest absolute Gasteiger partial charge is 0.486 e. The predicted octanol–water partition coefficient (Wildman–Crippen LogP) is 1.40. The van der Waals surface area contributed by atoms with Crippen LogP contribution < -0.4 is 19.9 Å². The Morgan fingerprint density at radius 3 is 2.33 bits per heavy atom. The van der Waals surface area contributed by atoms with Gasteiger partial charge in [-0.2, -0.15) is 0 Å². The highest BCUT2D eigenvalue weighted by Crippen LogP contribution is 2.30. The zero-order chi connectivity index (χ0) is 19.3. The lowest BCUT2D eigenvalue weighted by molar-refractivity contribution is -0.121. The van der Waals surface area contributed by atoms with Gasteiger partial charge in [-0.15, -0.1) is 0 Å². The van der Waals surface area contributed by atoms with Gasteiger partial charge in [0.15, 0.2) is 11.5 Å². The van der Waals surface area contributed by atoms with Crippen LogP contribution in [-0.4, -0.2) is 34.1 Å². The maximum Gasteiger partial charge on any atom is 0.238 e. The highest BCUT2D eigenvalue weighted by molar-refractivity contribution is 7.89. The number of ether oxygens (including phenoxy) is 2. The second-order valence-electron chi connectivity index (χ2n) is 6.27. The number of amides is 1. The molecule has 8 heteroatoms. The Labute approximate surface area is 158 Å². The van der Waals surface area contributed by atoms with Gasteiger partial charge in [-0.25, -0.2) is 13.6 Å². The van der Waals surface area contributed by atoms with Crippen LogP contribution in [0.3, 0.4) is 0 Å². The van der Waals surface area contributed by atoms with E-state index < -0.39 is 10.0 Å².